The maximum atomic E-state index is 12.1. The largest absolute Gasteiger partial charge is 0.317 e. The Balaban J connectivity index is 1.77. The number of fused-ring (bicyclic) bond motifs is 1. The zero-order valence-electron chi connectivity index (χ0n) is 10.7. The summed E-state index contributed by atoms with van der Waals surface area (Å²) in [6.07, 6.45) is 4.41. The topological polar surface area (TPSA) is 75.1 Å². The van der Waals surface area contributed by atoms with Crippen molar-refractivity contribution in [1.82, 2.24) is 24.9 Å². The average Bonchev–Trinajstić information content (AvgIpc) is 3.20. The van der Waals surface area contributed by atoms with E-state index in [-0.39, 0.29) is 5.56 Å². The molecule has 1 saturated heterocycles. The highest BCUT2D eigenvalue weighted by Crippen LogP contribution is 2.37. The summed E-state index contributed by atoms with van der Waals surface area (Å²) >= 11 is 0. The molecule has 2 fully saturated rings. The van der Waals surface area contributed by atoms with E-state index in [1.54, 1.807) is 6.07 Å². The molecule has 6 heteroatoms. The van der Waals surface area contributed by atoms with Gasteiger partial charge in [0, 0.05) is 17.9 Å². The zero-order chi connectivity index (χ0) is 12.8. The molecule has 6 nitrogen and oxygen atoms in total. The van der Waals surface area contributed by atoms with Crippen molar-refractivity contribution < 1.29 is 0 Å². The van der Waals surface area contributed by atoms with Gasteiger partial charge in [-0.2, -0.15) is 9.50 Å². The fourth-order valence-electron chi connectivity index (χ4n) is 2.78. The quantitative estimate of drug-likeness (QED) is 0.835. The Kier molecular flexibility index (Phi) is 2.44. The Morgan fingerprint density at radius 3 is 2.63 bits per heavy atom. The van der Waals surface area contributed by atoms with Crippen molar-refractivity contribution in [3.8, 4) is 0 Å². The molecule has 0 aromatic carbocycles. The Morgan fingerprint density at radius 2 is 1.89 bits per heavy atom. The summed E-state index contributed by atoms with van der Waals surface area (Å²) in [5.74, 6) is 2.33. The fourth-order valence-corrected chi connectivity index (χ4v) is 2.78. The van der Waals surface area contributed by atoms with E-state index in [9.17, 15) is 4.79 Å². The van der Waals surface area contributed by atoms with Crippen LogP contribution in [0.25, 0.3) is 5.78 Å². The van der Waals surface area contributed by atoms with Gasteiger partial charge in [0.15, 0.2) is 0 Å². The molecule has 100 valence electrons. The third-order valence-electron chi connectivity index (χ3n) is 4.09. The van der Waals surface area contributed by atoms with Crippen LogP contribution in [0.15, 0.2) is 10.9 Å². The third-order valence-corrected chi connectivity index (χ3v) is 4.09. The summed E-state index contributed by atoms with van der Waals surface area (Å²) in [6.45, 7) is 2.00. The minimum atomic E-state index is -0.0436. The first-order valence-electron chi connectivity index (χ1n) is 7.01. The summed E-state index contributed by atoms with van der Waals surface area (Å²) in [6, 6.07) is 1.66. The standard InChI is InChI=1S/C13H17N5O/c19-11-7-10(8-3-5-14-6-4-8)15-13-16-12(9-1-2-9)17-18(11)13/h7-9,14H,1-6H2,(H,15,16,17). The van der Waals surface area contributed by atoms with Gasteiger partial charge in [-0.05, 0) is 38.8 Å². The number of nitrogens with one attached hydrogen (secondary N) is 2. The van der Waals surface area contributed by atoms with E-state index < -0.39 is 0 Å². The highest BCUT2D eigenvalue weighted by Gasteiger charge is 2.28. The molecular formula is C13H17N5O. The maximum absolute atomic E-state index is 12.1. The van der Waals surface area contributed by atoms with Gasteiger partial charge in [0.25, 0.3) is 11.3 Å². The number of nitrogens with zero attached hydrogens (tertiary/aromatic N) is 3. The highest BCUT2D eigenvalue weighted by molar-refractivity contribution is 5.30. The van der Waals surface area contributed by atoms with Crippen molar-refractivity contribution in [3.05, 3.63) is 27.9 Å². The number of aromatic amines is 1. The number of piperidine rings is 1. The molecule has 1 aliphatic heterocycles. The Hall–Kier alpha value is -1.69. The van der Waals surface area contributed by atoms with Crippen molar-refractivity contribution in [2.45, 2.75) is 37.5 Å². The van der Waals surface area contributed by atoms with E-state index in [0.717, 1.165) is 50.3 Å². The molecule has 1 saturated carbocycles. The highest BCUT2D eigenvalue weighted by atomic mass is 16.1. The van der Waals surface area contributed by atoms with Gasteiger partial charge < -0.3 is 5.32 Å². The SMILES string of the molecule is O=c1cc(C2CCNCC2)nc2nc(C3CC3)[nH]n12. The smallest absolute Gasteiger partial charge is 0.274 e. The molecule has 0 atom stereocenters. The van der Waals surface area contributed by atoms with Crippen LogP contribution >= 0.6 is 0 Å². The third kappa shape index (κ3) is 1.96. The van der Waals surface area contributed by atoms with Crippen LogP contribution in [-0.2, 0) is 0 Å². The Morgan fingerprint density at radius 1 is 1.11 bits per heavy atom. The normalized spacial score (nSPS) is 21.1. The van der Waals surface area contributed by atoms with Crippen LogP contribution < -0.4 is 10.9 Å². The van der Waals surface area contributed by atoms with Crippen molar-refractivity contribution >= 4 is 5.78 Å². The lowest BCUT2D eigenvalue weighted by Gasteiger charge is -2.21. The summed E-state index contributed by atoms with van der Waals surface area (Å²) in [5.41, 5.74) is 0.860. The molecule has 1 aliphatic carbocycles. The minimum Gasteiger partial charge on any atom is -0.317 e. The van der Waals surface area contributed by atoms with Gasteiger partial charge in [-0.25, -0.2) is 4.98 Å². The monoisotopic (exact) mass is 259 g/mol. The number of hydrogen-bond donors (Lipinski definition) is 2. The van der Waals surface area contributed by atoms with Gasteiger partial charge in [0.2, 0.25) is 0 Å². The summed E-state index contributed by atoms with van der Waals surface area (Å²) < 4.78 is 1.47. The molecular weight excluding hydrogens is 242 g/mol. The maximum Gasteiger partial charge on any atom is 0.274 e. The van der Waals surface area contributed by atoms with Crippen molar-refractivity contribution in [3.63, 3.8) is 0 Å². The Bertz CT molecular complexity index is 663. The predicted molar refractivity (Wildman–Crippen MR) is 70.4 cm³/mol. The lowest BCUT2D eigenvalue weighted by Crippen LogP contribution is -2.28. The number of H-pyrrole nitrogens is 1. The van der Waals surface area contributed by atoms with E-state index in [2.05, 4.69) is 20.4 Å². The number of aromatic nitrogens is 4. The molecule has 0 unspecified atom stereocenters. The van der Waals surface area contributed by atoms with E-state index in [0.29, 0.717) is 17.6 Å². The average molecular weight is 259 g/mol. The molecule has 19 heavy (non-hydrogen) atoms. The Labute approximate surface area is 110 Å². The van der Waals surface area contributed by atoms with E-state index in [1.807, 2.05) is 0 Å². The van der Waals surface area contributed by atoms with Crippen molar-refractivity contribution in [2.24, 2.45) is 0 Å². The van der Waals surface area contributed by atoms with Crippen LogP contribution in [0.4, 0.5) is 0 Å². The summed E-state index contributed by atoms with van der Waals surface area (Å²) in [5, 5.41) is 6.40. The summed E-state index contributed by atoms with van der Waals surface area (Å²) in [7, 11) is 0. The van der Waals surface area contributed by atoms with Crippen LogP contribution in [0.3, 0.4) is 0 Å². The lowest BCUT2D eigenvalue weighted by atomic mass is 9.94. The van der Waals surface area contributed by atoms with Gasteiger partial charge in [-0.15, -0.1) is 0 Å². The van der Waals surface area contributed by atoms with E-state index in [1.165, 1.54) is 4.52 Å². The predicted octanol–water partition coefficient (Wildman–Crippen LogP) is 0.762. The van der Waals surface area contributed by atoms with Crippen LogP contribution in [0, 0.1) is 0 Å². The first-order valence-corrected chi connectivity index (χ1v) is 7.01. The minimum absolute atomic E-state index is 0.0436. The van der Waals surface area contributed by atoms with Gasteiger partial charge in [0.1, 0.15) is 5.82 Å². The molecule has 2 aromatic rings. The molecule has 2 aromatic heterocycles. The van der Waals surface area contributed by atoms with Gasteiger partial charge >= 0.3 is 0 Å². The lowest BCUT2D eigenvalue weighted by molar-refractivity contribution is 0.453. The van der Waals surface area contributed by atoms with Crippen LogP contribution in [-0.4, -0.2) is 32.7 Å². The molecule has 0 bridgehead atoms. The van der Waals surface area contributed by atoms with Crippen LogP contribution in [0.5, 0.6) is 0 Å². The van der Waals surface area contributed by atoms with Gasteiger partial charge in [-0.1, -0.05) is 0 Å². The molecule has 2 aliphatic rings. The second kappa shape index (κ2) is 4.16. The zero-order valence-corrected chi connectivity index (χ0v) is 10.7. The second-order valence-electron chi connectivity index (χ2n) is 5.56. The first-order chi connectivity index (χ1) is 9.31. The second-order valence-corrected chi connectivity index (χ2v) is 5.56. The molecule has 3 heterocycles. The fraction of sp³-hybridized carbons (Fsp3) is 0.615. The van der Waals surface area contributed by atoms with Crippen LogP contribution in [0.1, 0.15) is 49.0 Å². The van der Waals surface area contributed by atoms with Crippen molar-refractivity contribution in [1.29, 1.82) is 0 Å². The molecule has 4 rings (SSSR count). The van der Waals surface area contributed by atoms with E-state index >= 15 is 0 Å². The number of rotatable bonds is 2. The first kappa shape index (κ1) is 11.2. The number of hydrogen-bond acceptors (Lipinski definition) is 4. The summed E-state index contributed by atoms with van der Waals surface area (Å²) in [4.78, 5) is 21.2. The van der Waals surface area contributed by atoms with E-state index in [4.69, 9.17) is 0 Å². The molecule has 0 spiro atoms. The van der Waals surface area contributed by atoms with Crippen molar-refractivity contribution in [2.75, 3.05) is 13.1 Å². The van der Waals surface area contributed by atoms with Crippen LogP contribution in [0.2, 0.25) is 0 Å². The van der Waals surface area contributed by atoms with Gasteiger partial charge in [0.05, 0.1) is 5.69 Å². The van der Waals surface area contributed by atoms with Gasteiger partial charge in [-0.3, -0.25) is 9.89 Å². The molecule has 0 radical (unpaired) electrons. The molecule has 2 N–H and O–H groups in total. The molecule has 0 amide bonds.